The third-order valence-electron chi connectivity index (χ3n) is 1.41. The van der Waals surface area contributed by atoms with Gasteiger partial charge in [-0.2, -0.15) is 0 Å². The van der Waals surface area contributed by atoms with Crippen LogP contribution in [-0.4, -0.2) is 19.0 Å². The zero-order valence-electron chi connectivity index (χ0n) is 5.03. The lowest BCUT2D eigenvalue weighted by Gasteiger charge is -2.21. The van der Waals surface area contributed by atoms with Gasteiger partial charge >= 0.3 is 0 Å². The van der Waals surface area contributed by atoms with E-state index in [0.29, 0.717) is 5.57 Å². The van der Waals surface area contributed by atoms with Crippen LogP contribution in [-0.2, 0) is 0 Å². The van der Waals surface area contributed by atoms with Gasteiger partial charge in [0.2, 0.25) is 0 Å². The van der Waals surface area contributed by atoms with Gasteiger partial charge in [0.1, 0.15) is 6.17 Å². The van der Waals surface area contributed by atoms with Crippen molar-refractivity contribution in [1.82, 2.24) is 5.32 Å². The van der Waals surface area contributed by atoms with Crippen molar-refractivity contribution in [3.63, 3.8) is 0 Å². The minimum atomic E-state index is -1.19. The van der Waals surface area contributed by atoms with Gasteiger partial charge in [0.25, 0.3) is 0 Å². The average Bonchev–Trinajstić information content (AvgIpc) is 1.80. The number of alkyl halides is 2. The normalized spacial score (nSPS) is 36.9. The predicted octanol–water partition coefficient (Wildman–Crippen LogP) is 1.17. The van der Waals surface area contributed by atoms with E-state index in [-0.39, 0.29) is 13.0 Å². The fourth-order valence-electron chi connectivity index (χ4n) is 0.784. The molecule has 1 saturated heterocycles. The molecule has 1 aliphatic rings. The number of piperidine rings is 1. The molecule has 52 valence electrons. The van der Waals surface area contributed by atoms with Crippen LogP contribution in [0.15, 0.2) is 12.2 Å². The third-order valence-corrected chi connectivity index (χ3v) is 1.41. The van der Waals surface area contributed by atoms with Crippen LogP contribution in [0.3, 0.4) is 0 Å². The van der Waals surface area contributed by atoms with E-state index in [2.05, 4.69) is 11.9 Å². The third kappa shape index (κ3) is 1.48. The molecule has 0 aliphatic carbocycles. The SMILES string of the molecule is C=C1CNC(F)CC1F. The fraction of sp³-hybridized carbons (Fsp3) is 0.667. The molecule has 0 aromatic rings. The van der Waals surface area contributed by atoms with Gasteiger partial charge in [0, 0.05) is 13.0 Å². The van der Waals surface area contributed by atoms with Crippen molar-refractivity contribution < 1.29 is 8.78 Å². The summed E-state index contributed by atoms with van der Waals surface area (Å²) >= 11 is 0. The summed E-state index contributed by atoms with van der Waals surface area (Å²) in [6.07, 6.45) is -2.43. The Hall–Kier alpha value is -0.440. The Bertz CT molecular complexity index is 124. The summed E-state index contributed by atoms with van der Waals surface area (Å²) in [7, 11) is 0. The Balaban J connectivity index is 2.44. The predicted molar refractivity (Wildman–Crippen MR) is 31.6 cm³/mol. The summed E-state index contributed by atoms with van der Waals surface area (Å²) < 4.78 is 24.7. The van der Waals surface area contributed by atoms with Crippen molar-refractivity contribution in [3.05, 3.63) is 12.2 Å². The molecule has 0 saturated carbocycles. The second-order valence-electron chi connectivity index (χ2n) is 2.21. The molecule has 1 rings (SSSR count). The van der Waals surface area contributed by atoms with Crippen LogP contribution in [0.2, 0.25) is 0 Å². The summed E-state index contributed by atoms with van der Waals surface area (Å²) in [6.45, 7) is 3.69. The Morgan fingerprint density at radius 2 is 2.22 bits per heavy atom. The van der Waals surface area contributed by atoms with Crippen LogP contribution < -0.4 is 5.32 Å². The minimum Gasteiger partial charge on any atom is -0.284 e. The smallest absolute Gasteiger partial charge is 0.154 e. The molecule has 1 heterocycles. The summed E-state index contributed by atoms with van der Waals surface area (Å²) in [6, 6.07) is 0. The summed E-state index contributed by atoms with van der Waals surface area (Å²) in [5.41, 5.74) is 0.448. The van der Waals surface area contributed by atoms with Crippen LogP contribution in [0, 0.1) is 0 Å². The number of hydrogen-bond donors (Lipinski definition) is 1. The fourth-order valence-corrected chi connectivity index (χ4v) is 0.784. The van der Waals surface area contributed by atoms with Gasteiger partial charge in [0.15, 0.2) is 6.30 Å². The molecule has 0 amide bonds. The number of halogens is 2. The molecule has 1 N–H and O–H groups in total. The zero-order valence-corrected chi connectivity index (χ0v) is 5.03. The number of nitrogens with one attached hydrogen (secondary N) is 1. The van der Waals surface area contributed by atoms with E-state index >= 15 is 0 Å². The maximum atomic E-state index is 12.4. The van der Waals surface area contributed by atoms with Gasteiger partial charge in [-0.05, 0) is 5.57 Å². The second-order valence-corrected chi connectivity index (χ2v) is 2.21. The van der Waals surface area contributed by atoms with Crippen molar-refractivity contribution in [2.45, 2.75) is 18.9 Å². The van der Waals surface area contributed by atoms with Crippen LogP contribution in [0.25, 0.3) is 0 Å². The molecule has 3 heteroatoms. The quantitative estimate of drug-likeness (QED) is 0.386. The van der Waals surface area contributed by atoms with Crippen molar-refractivity contribution in [1.29, 1.82) is 0 Å². The first-order valence-electron chi connectivity index (χ1n) is 2.89. The standard InChI is InChI=1S/C6H9F2N/c1-4-3-9-6(8)2-5(4)7/h5-6,9H,1-3H2. The molecule has 9 heavy (non-hydrogen) atoms. The minimum absolute atomic E-state index is 0.0845. The van der Waals surface area contributed by atoms with E-state index in [1.807, 2.05) is 0 Å². The highest BCUT2D eigenvalue weighted by atomic mass is 19.1. The van der Waals surface area contributed by atoms with Gasteiger partial charge in [0.05, 0.1) is 0 Å². The molecule has 1 fully saturated rings. The molecule has 2 unspecified atom stereocenters. The second kappa shape index (κ2) is 2.43. The molecule has 1 nitrogen and oxygen atoms in total. The van der Waals surface area contributed by atoms with Crippen molar-refractivity contribution >= 4 is 0 Å². The highest BCUT2D eigenvalue weighted by Gasteiger charge is 2.22. The number of rotatable bonds is 0. The maximum Gasteiger partial charge on any atom is 0.154 e. The van der Waals surface area contributed by atoms with Crippen molar-refractivity contribution in [3.8, 4) is 0 Å². The maximum absolute atomic E-state index is 12.4. The van der Waals surface area contributed by atoms with E-state index < -0.39 is 12.5 Å². The van der Waals surface area contributed by atoms with Gasteiger partial charge in [-0.15, -0.1) is 0 Å². The van der Waals surface area contributed by atoms with E-state index in [0.717, 1.165) is 0 Å². The first kappa shape index (κ1) is 6.68. The topological polar surface area (TPSA) is 12.0 Å². The Labute approximate surface area is 52.7 Å². The summed E-state index contributed by atoms with van der Waals surface area (Å²) in [5.74, 6) is 0. The summed E-state index contributed by atoms with van der Waals surface area (Å²) in [5, 5.41) is 2.46. The molecule has 0 bridgehead atoms. The van der Waals surface area contributed by atoms with Gasteiger partial charge < -0.3 is 0 Å². The Morgan fingerprint density at radius 3 is 2.67 bits per heavy atom. The van der Waals surface area contributed by atoms with Crippen LogP contribution in [0.5, 0.6) is 0 Å². The van der Waals surface area contributed by atoms with Crippen LogP contribution in [0.1, 0.15) is 6.42 Å². The Morgan fingerprint density at radius 1 is 1.56 bits per heavy atom. The lowest BCUT2D eigenvalue weighted by Crippen LogP contribution is -2.37. The molecule has 0 spiro atoms. The van der Waals surface area contributed by atoms with Crippen LogP contribution in [0.4, 0.5) is 8.78 Å². The highest BCUT2D eigenvalue weighted by molar-refractivity contribution is 5.07. The molecular weight excluding hydrogens is 124 g/mol. The monoisotopic (exact) mass is 133 g/mol. The van der Waals surface area contributed by atoms with Gasteiger partial charge in [-0.3, -0.25) is 5.32 Å². The van der Waals surface area contributed by atoms with Crippen LogP contribution >= 0.6 is 0 Å². The average molecular weight is 133 g/mol. The molecule has 1 aliphatic heterocycles. The largest absolute Gasteiger partial charge is 0.284 e. The van der Waals surface area contributed by atoms with E-state index in [1.165, 1.54) is 0 Å². The molecule has 0 aromatic carbocycles. The van der Waals surface area contributed by atoms with Gasteiger partial charge in [-0.25, -0.2) is 8.78 Å². The highest BCUT2D eigenvalue weighted by Crippen LogP contribution is 2.16. The Kier molecular flexibility index (Phi) is 1.81. The van der Waals surface area contributed by atoms with E-state index in [9.17, 15) is 8.78 Å². The zero-order chi connectivity index (χ0) is 6.85. The molecular formula is C6H9F2N. The molecule has 2 atom stereocenters. The van der Waals surface area contributed by atoms with E-state index in [1.54, 1.807) is 0 Å². The first-order valence-corrected chi connectivity index (χ1v) is 2.89. The number of hydrogen-bond acceptors (Lipinski definition) is 1. The van der Waals surface area contributed by atoms with Crippen molar-refractivity contribution in [2.24, 2.45) is 0 Å². The lowest BCUT2D eigenvalue weighted by molar-refractivity contribution is 0.180. The van der Waals surface area contributed by atoms with Gasteiger partial charge in [-0.1, -0.05) is 6.58 Å². The van der Waals surface area contributed by atoms with E-state index in [4.69, 9.17) is 0 Å². The lowest BCUT2D eigenvalue weighted by atomic mass is 10.1. The molecule has 0 aromatic heterocycles. The van der Waals surface area contributed by atoms with Crippen molar-refractivity contribution in [2.75, 3.05) is 6.54 Å². The molecule has 0 radical (unpaired) electrons. The first-order chi connectivity index (χ1) is 4.20. The summed E-state index contributed by atoms with van der Waals surface area (Å²) in [4.78, 5) is 0.